The first-order valence-corrected chi connectivity index (χ1v) is 5.79. The van der Waals surface area contributed by atoms with Crippen LogP contribution < -0.4 is 11.3 Å². The van der Waals surface area contributed by atoms with Gasteiger partial charge in [0.2, 0.25) is 0 Å². The van der Waals surface area contributed by atoms with Crippen molar-refractivity contribution in [3.8, 4) is 0 Å². The molecule has 0 saturated heterocycles. The van der Waals surface area contributed by atoms with Gasteiger partial charge in [-0.15, -0.1) is 0 Å². The monoisotopic (exact) mass is 238 g/mol. The summed E-state index contributed by atoms with van der Waals surface area (Å²) >= 11 is 0. The van der Waals surface area contributed by atoms with E-state index in [-0.39, 0.29) is 5.41 Å². The zero-order valence-corrected chi connectivity index (χ0v) is 11.1. The molecule has 1 aromatic heterocycles. The standard InChI is InChI=1S/C12H22N4O/c1-9-7-10(16-13)15-11(14-9)8-17-6-5-12(2,3)4/h7H,5-6,8,13H2,1-4H3,(H,14,15,16). The molecule has 96 valence electrons. The van der Waals surface area contributed by atoms with E-state index < -0.39 is 0 Å². The van der Waals surface area contributed by atoms with Gasteiger partial charge in [0.1, 0.15) is 12.4 Å². The fraction of sp³-hybridized carbons (Fsp3) is 0.667. The normalized spacial score (nSPS) is 11.6. The van der Waals surface area contributed by atoms with E-state index in [2.05, 4.69) is 36.2 Å². The number of hydrazine groups is 1. The molecule has 5 nitrogen and oxygen atoms in total. The molecule has 17 heavy (non-hydrogen) atoms. The number of anilines is 1. The van der Waals surface area contributed by atoms with Crippen LogP contribution in [0.25, 0.3) is 0 Å². The fourth-order valence-electron chi connectivity index (χ4n) is 1.31. The smallest absolute Gasteiger partial charge is 0.156 e. The predicted octanol–water partition coefficient (Wildman–Crippen LogP) is 2.02. The van der Waals surface area contributed by atoms with Crippen molar-refractivity contribution in [3.63, 3.8) is 0 Å². The van der Waals surface area contributed by atoms with Crippen LogP contribution in [0.4, 0.5) is 5.82 Å². The molecule has 0 fully saturated rings. The number of aryl methyl sites for hydroxylation is 1. The molecule has 0 spiro atoms. The van der Waals surface area contributed by atoms with Crippen molar-refractivity contribution < 1.29 is 4.74 Å². The van der Waals surface area contributed by atoms with Crippen molar-refractivity contribution in [2.45, 2.75) is 40.7 Å². The topological polar surface area (TPSA) is 73.1 Å². The predicted molar refractivity (Wildman–Crippen MR) is 68.3 cm³/mol. The van der Waals surface area contributed by atoms with E-state index in [1.54, 1.807) is 6.07 Å². The zero-order chi connectivity index (χ0) is 12.9. The van der Waals surface area contributed by atoms with E-state index in [1.165, 1.54) is 0 Å². The Bertz CT molecular complexity index is 360. The van der Waals surface area contributed by atoms with E-state index in [4.69, 9.17) is 10.6 Å². The van der Waals surface area contributed by atoms with Crippen molar-refractivity contribution >= 4 is 5.82 Å². The van der Waals surface area contributed by atoms with Gasteiger partial charge in [0.25, 0.3) is 0 Å². The van der Waals surface area contributed by atoms with Crippen molar-refractivity contribution in [3.05, 3.63) is 17.6 Å². The number of nitrogens with zero attached hydrogens (tertiary/aromatic N) is 2. The maximum Gasteiger partial charge on any atom is 0.156 e. The Kier molecular flexibility index (Phi) is 4.84. The summed E-state index contributed by atoms with van der Waals surface area (Å²) in [6, 6.07) is 1.79. The Morgan fingerprint density at radius 1 is 1.35 bits per heavy atom. The fourth-order valence-corrected chi connectivity index (χ4v) is 1.31. The molecule has 1 heterocycles. The number of rotatable bonds is 5. The Morgan fingerprint density at radius 3 is 2.65 bits per heavy atom. The van der Waals surface area contributed by atoms with Gasteiger partial charge in [0.05, 0.1) is 0 Å². The second kappa shape index (κ2) is 5.93. The number of hydrogen-bond donors (Lipinski definition) is 2. The van der Waals surface area contributed by atoms with Crippen LogP contribution in [0.3, 0.4) is 0 Å². The SMILES string of the molecule is Cc1cc(NN)nc(COCCC(C)(C)C)n1. The van der Waals surface area contributed by atoms with Crippen LogP contribution in [0.5, 0.6) is 0 Å². The lowest BCUT2D eigenvalue weighted by Gasteiger charge is -2.17. The average molecular weight is 238 g/mol. The molecule has 0 saturated carbocycles. The highest BCUT2D eigenvalue weighted by Crippen LogP contribution is 2.18. The molecule has 0 aliphatic carbocycles. The van der Waals surface area contributed by atoms with Gasteiger partial charge in [-0.1, -0.05) is 20.8 Å². The molecule has 0 amide bonds. The van der Waals surface area contributed by atoms with Gasteiger partial charge in [-0.25, -0.2) is 15.8 Å². The van der Waals surface area contributed by atoms with Gasteiger partial charge in [0.15, 0.2) is 5.82 Å². The van der Waals surface area contributed by atoms with E-state index >= 15 is 0 Å². The van der Waals surface area contributed by atoms with Crippen LogP contribution in [0, 0.1) is 12.3 Å². The van der Waals surface area contributed by atoms with Crippen molar-refractivity contribution in [2.24, 2.45) is 11.3 Å². The lowest BCUT2D eigenvalue weighted by Crippen LogP contribution is -2.13. The summed E-state index contributed by atoms with van der Waals surface area (Å²) in [4.78, 5) is 8.50. The highest BCUT2D eigenvalue weighted by Gasteiger charge is 2.09. The summed E-state index contributed by atoms with van der Waals surface area (Å²) in [7, 11) is 0. The van der Waals surface area contributed by atoms with Crippen molar-refractivity contribution in [2.75, 3.05) is 12.0 Å². The molecule has 1 rings (SSSR count). The summed E-state index contributed by atoms with van der Waals surface area (Å²) in [5.41, 5.74) is 3.68. The third-order valence-corrected chi connectivity index (χ3v) is 2.28. The van der Waals surface area contributed by atoms with Crippen LogP contribution >= 0.6 is 0 Å². The van der Waals surface area contributed by atoms with E-state index in [1.807, 2.05) is 6.92 Å². The zero-order valence-electron chi connectivity index (χ0n) is 11.1. The molecule has 0 aromatic carbocycles. The van der Waals surface area contributed by atoms with Crippen LogP contribution in [0.1, 0.15) is 38.7 Å². The van der Waals surface area contributed by atoms with E-state index in [9.17, 15) is 0 Å². The Labute approximate surface area is 103 Å². The summed E-state index contributed by atoms with van der Waals surface area (Å²) < 4.78 is 5.56. The minimum absolute atomic E-state index is 0.289. The Morgan fingerprint density at radius 2 is 2.06 bits per heavy atom. The molecule has 0 aliphatic heterocycles. The van der Waals surface area contributed by atoms with Gasteiger partial charge in [-0.3, -0.25) is 0 Å². The summed E-state index contributed by atoms with van der Waals surface area (Å²) in [6.07, 6.45) is 1.01. The third kappa shape index (κ3) is 5.60. The number of nitrogen functional groups attached to an aromatic ring is 1. The van der Waals surface area contributed by atoms with Gasteiger partial charge < -0.3 is 10.2 Å². The minimum Gasteiger partial charge on any atom is -0.373 e. The summed E-state index contributed by atoms with van der Waals surface area (Å²) in [6.45, 7) is 9.61. The Balaban J connectivity index is 2.44. The molecular formula is C12H22N4O. The molecule has 0 bridgehead atoms. The molecule has 1 aromatic rings. The number of ether oxygens (including phenoxy) is 1. The first-order chi connectivity index (χ1) is 7.90. The van der Waals surface area contributed by atoms with Gasteiger partial charge in [-0.2, -0.15) is 0 Å². The molecule has 0 unspecified atom stereocenters. The quantitative estimate of drug-likeness (QED) is 0.466. The van der Waals surface area contributed by atoms with Crippen molar-refractivity contribution in [1.82, 2.24) is 9.97 Å². The molecular weight excluding hydrogens is 216 g/mol. The number of hydrogen-bond acceptors (Lipinski definition) is 5. The molecule has 0 aliphatic rings. The lowest BCUT2D eigenvalue weighted by atomic mass is 9.93. The van der Waals surface area contributed by atoms with Crippen LogP contribution in [0.15, 0.2) is 6.07 Å². The highest BCUT2D eigenvalue weighted by atomic mass is 16.5. The van der Waals surface area contributed by atoms with Gasteiger partial charge in [0, 0.05) is 18.4 Å². The van der Waals surface area contributed by atoms with E-state index in [0.717, 1.165) is 12.1 Å². The lowest BCUT2D eigenvalue weighted by molar-refractivity contribution is 0.0917. The van der Waals surface area contributed by atoms with Crippen LogP contribution in [-0.2, 0) is 11.3 Å². The summed E-state index contributed by atoms with van der Waals surface area (Å²) in [5.74, 6) is 6.60. The number of nitrogens with one attached hydrogen (secondary N) is 1. The van der Waals surface area contributed by atoms with Gasteiger partial charge >= 0.3 is 0 Å². The second-order valence-electron chi connectivity index (χ2n) is 5.32. The molecule has 3 N–H and O–H groups in total. The largest absolute Gasteiger partial charge is 0.373 e. The number of nitrogens with two attached hydrogens (primary N) is 1. The first-order valence-electron chi connectivity index (χ1n) is 5.79. The van der Waals surface area contributed by atoms with E-state index in [0.29, 0.717) is 24.9 Å². The molecule has 0 radical (unpaired) electrons. The molecule has 0 atom stereocenters. The van der Waals surface area contributed by atoms with Crippen LogP contribution in [0.2, 0.25) is 0 Å². The second-order valence-corrected chi connectivity index (χ2v) is 5.32. The minimum atomic E-state index is 0.289. The average Bonchev–Trinajstić information content (AvgIpc) is 2.22. The maximum absolute atomic E-state index is 5.56. The summed E-state index contributed by atoms with van der Waals surface area (Å²) in [5, 5.41) is 0. The van der Waals surface area contributed by atoms with Crippen molar-refractivity contribution in [1.29, 1.82) is 0 Å². The third-order valence-electron chi connectivity index (χ3n) is 2.28. The Hall–Kier alpha value is -1.20. The number of aromatic nitrogens is 2. The highest BCUT2D eigenvalue weighted by molar-refractivity contribution is 5.33. The van der Waals surface area contributed by atoms with Gasteiger partial charge in [-0.05, 0) is 18.8 Å². The first kappa shape index (κ1) is 13.9. The molecule has 5 heteroatoms. The maximum atomic E-state index is 5.56. The van der Waals surface area contributed by atoms with Crippen LogP contribution in [-0.4, -0.2) is 16.6 Å².